The molecule has 94 valence electrons. The summed E-state index contributed by atoms with van der Waals surface area (Å²) in [6.45, 7) is 0.748. The molecule has 2 atom stereocenters. The van der Waals surface area contributed by atoms with Gasteiger partial charge in [-0.15, -0.1) is 0 Å². The minimum Gasteiger partial charge on any atom is -0.393 e. The quantitative estimate of drug-likeness (QED) is 0.885. The minimum atomic E-state index is -0.149. The number of benzene rings is 1. The van der Waals surface area contributed by atoms with E-state index in [0.717, 1.165) is 37.8 Å². The third-order valence-electron chi connectivity index (χ3n) is 3.16. The molecule has 1 aromatic rings. The molecule has 0 aliphatic heterocycles. The number of rotatable bonds is 3. The molecule has 2 unspecified atom stereocenters. The Labute approximate surface area is 112 Å². The summed E-state index contributed by atoms with van der Waals surface area (Å²) in [5.41, 5.74) is 1.09. The first-order valence-corrected chi connectivity index (χ1v) is 6.75. The predicted molar refractivity (Wildman–Crippen MR) is 71.6 cm³/mol. The average Bonchev–Trinajstić information content (AvgIpc) is 2.25. The van der Waals surface area contributed by atoms with E-state index in [0.29, 0.717) is 16.1 Å². The highest BCUT2D eigenvalue weighted by molar-refractivity contribution is 6.34. The van der Waals surface area contributed by atoms with Crippen LogP contribution in [0.3, 0.4) is 0 Å². The molecule has 0 saturated heterocycles. The van der Waals surface area contributed by atoms with Crippen LogP contribution in [0.25, 0.3) is 0 Å². The van der Waals surface area contributed by atoms with E-state index < -0.39 is 0 Å². The van der Waals surface area contributed by atoms with Crippen molar-refractivity contribution in [2.75, 3.05) is 0 Å². The first-order valence-electron chi connectivity index (χ1n) is 6.00. The van der Waals surface area contributed by atoms with Crippen LogP contribution in [0.1, 0.15) is 31.2 Å². The maximum absolute atomic E-state index is 9.58. The molecule has 2 rings (SSSR count). The van der Waals surface area contributed by atoms with Gasteiger partial charge >= 0.3 is 0 Å². The fraction of sp³-hybridized carbons (Fsp3) is 0.538. The Bertz CT molecular complexity index is 363. The highest BCUT2D eigenvalue weighted by Gasteiger charge is 2.19. The van der Waals surface area contributed by atoms with Gasteiger partial charge in [0.1, 0.15) is 0 Å². The van der Waals surface area contributed by atoms with Crippen molar-refractivity contribution in [1.29, 1.82) is 0 Å². The molecule has 2 nitrogen and oxygen atoms in total. The molecule has 0 aromatic heterocycles. The number of aliphatic hydroxyl groups is 1. The van der Waals surface area contributed by atoms with Crippen LogP contribution in [-0.4, -0.2) is 17.3 Å². The van der Waals surface area contributed by atoms with Gasteiger partial charge in [-0.25, -0.2) is 0 Å². The summed E-state index contributed by atoms with van der Waals surface area (Å²) in [6, 6.07) is 5.97. The van der Waals surface area contributed by atoms with Crippen molar-refractivity contribution >= 4 is 23.2 Å². The Hall–Kier alpha value is -0.280. The Morgan fingerprint density at radius 3 is 2.53 bits per heavy atom. The minimum absolute atomic E-state index is 0.149. The lowest BCUT2D eigenvalue weighted by Crippen LogP contribution is -2.35. The molecule has 0 spiro atoms. The largest absolute Gasteiger partial charge is 0.393 e. The van der Waals surface area contributed by atoms with E-state index in [1.165, 1.54) is 0 Å². The second kappa shape index (κ2) is 6.05. The zero-order valence-corrected chi connectivity index (χ0v) is 11.1. The lowest BCUT2D eigenvalue weighted by Gasteiger charge is -2.26. The number of nitrogens with one attached hydrogen (secondary N) is 1. The average molecular weight is 274 g/mol. The molecule has 0 heterocycles. The van der Waals surface area contributed by atoms with Gasteiger partial charge in [0.2, 0.25) is 0 Å². The van der Waals surface area contributed by atoms with Crippen LogP contribution in [-0.2, 0) is 6.54 Å². The monoisotopic (exact) mass is 273 g/mol. The third-order valence-corrected chi connectivity index (χ3v) is 3.60. The molecule has 1 aliphatic carbocycles. The summed E-state index contributed by atoms with van der Waals surface area (Å²) < 4.78 is 0. The van der Waals surface area contributed by atoms with Crippen LogP contribution in [0, 0.1) is 0 Å². The molecule has 1 aromatic carbocycles. The fourth-order valence-corrected chi connectivity index (χ4v) is 2.90. The normalized spacial score (nSPS) is 24.9. The molecule has 2 N–H and O–H groups in total. The molecule has 1 fully saturated rings. The molecule has 4 heteroatoms. The Morgan fingerprint density at radius 2 is 1.88 bits per heavy atom. The molecular formula is C13H17Cl2NO. The maximum Gasteiger partial charge on any atom is 0.0555 e. The van der Waals surface area contributed by atoms with E-state index in [1.807, 2.05) is 12.1 Å². The highest BCUT2D eigenvalue weighted by Crippen LogP contribution is 2.21. The highest BCUT2D eigenvalue weighted by atomic mass is 35.5. The summed E-state index contributed by atoms with van der Waals surface area (Å²) in [5.74, 6) is 0. The summed E-state index contributed by atoms with van der Waals surface area (Å²) in [5, 5.41) is 14.4. The zero-order valence-electron chi connectivity index (χ0n) is 9.63. The Balaban J connectivity index is 1.88. The lowest BCUT2D eigenvalue weighted by atomic mass is 9.93. The molecule has 0 radical (unpaired) electrons. The van der Waals surface area contributed by atoms with Crippen LogP contribution in [0.5, 0.6) is 0 Å². The summed E-state index contributed by atoms with van der Waals surface area (Å²) in [6.07, 6.45) is 3.85. The Morgan fingerprint density at radius 1 is 1.18 bits per heavy atom. The van der Waals surface area contributed by atoms with Gasteiger partial charge in [0.25, 0.3) is 0 Å². The van der Waals surface area contributed by atoms with Gasteiger partial charge in [-0.05, 0) is 49.4 Å². The van der Waals surface area contributed by atoms with Gasteiger partial charge < -0.3 is 10.4 Å². The molecule has 0 amide bonds. The van der Waals surface area contributed by atoms with Crippen LogP contribution in [0.15, 0.2) is 18.2 Å². The number of hydrogen-bond acceptors (Lipinski definition) is 2. The summed E-state index contributed by atoms with van der Waals surface area (Å²) in [7, 11) is 0. The summed E-state index contributed by atoms with van der Waals surface area (Å²) in [4.78, 5) is 0. The van der Waals surface area contributed by atoms with E-state index in [-0.39, 0.29) is 6.10 Å². The molecule has 0 bridgehead atoms. The Kier molecular flexibility index (Phi) is 4.69. The second-order valence-corrected chi connectivity index (χ2v) is 5.55. The van der Waals surface area contributed by atoms with Gasteiger partial charge in [-0.2, -0.15) is 0 Å². The topological polar surface area (TPSA) is 32.3 Å². The summed E-state index contributed by atoms with van der Waals surface area (Å²) >= 11 is 11.9. The van der Waals surface area contributed by atoms with Crippen molar-refractivity contribution < 1.29 is 5.11 Å². The van der Waals surface area contributed by atoms with Crippen molar-refractivity contribution in [2.45, 2.75) is 44.4 Å². The maximum atomic E-state index is 9.58. The first kappa shape index (κ1) is 13.2. The third kappa shape index (κ3) is 4.14. The number of aliphatic hydroxyl groups excluding tert-OH is 1. The van der Waals surface area contributed by atoms with Crippen molar-refractivity contribution in [1.82, 2.24) is 5.32 Å². The van der Waals surface area contributed by atoms with Crippen LogP contribution < -0.4 is 5.32 Å². The first-order chi connectivity index (χ1) is 8.13. The van der Waals surface area contributed by atoms with E-state index in [2.05, 4.69) is 5.32 Å². The van der Waals surface area contributed by atoms with Crippen molar-refractivity contribution in [3.8, 4) is 0 Å². The van der Waals surface area contributed by atoms with E-state index in [1.54, 1.807) is 6.07 Å². The number of hydrogen-bond donors (Lipinski definition) is 2. The van der Waals surface area contributed by atoms with Crippen LogP contribution in [0.2, 0.25) is 10.0 Å². The molecule has 17 heavy (non-hydrogen) atoms. The van der Waals surface area contributed by atoms with Crippen LogP contribution in [0.4, 0.5) is 0 Å². The second-order valence-electron chi connectivity index (χ2n) is 4.68. The van der Waals surface area contributed by atoms with Crippen molar-refractivity contribution in [3.63, 3.8) is 0 Å². The lowest BCUT2D eigenvalue weighted by molar-refractivity contribution is 0.111. The molecular weight excluding hydrogens is 257 g/mol. The van der Waals surface area contributed by atoms with Gasteiger partial charge in [-0.1, -0.05) is 23.2 Å². The van der Waals surface area contributed by atoms with E-state index in [9.17, 15) is 5.11 Å². The van der Waals surface area contributed by atoms with Gasteiger partial charge in [-0.3, -0.25) is 0 Å². The zero-order chi connectivity index (χ0) is 12.3. The van der Waals surface area contributed by atoms with Gasteiger partial charge in [0, 0.05) is 22.6 Å². The molecule has 1 saturated carbocycles. The predicted octanol–water partition coefficient (Wildman–Crippen LogP) is 3.39. The van der Waals surface area contributed by atoms with Crippen LogP contribution >= 0.6 is 23.2 Å². The van der Waals surface area contributed by atoms with E-state index >= 15 is 0 Å². The van der Waals surface area contributed by atoms with Crippen molar-refractivity contribution in [2.24, 2.45) is 0 Å². The number of halogens is 2. The van der Waals surface area contributed by atoms with E-state index in [4.69, 9.17) is 23.2 Å². The van der Waals surface area contributed by atoms with Gasteiger partial charge in [0.05, 0.1) is 6.10 Å². The smallest absolute Gasteiger partial charge is 0.0555 e. The fourth-order valence-electron chi connectivity index (χ4n) is 2.32. The molecule has 1 aliphatic rings. The van der Waals surface area contributed by atoms with Gasteiger partial charge in [0.15, 0.2) is 0 Å². The SMILES string of the molecule is OC1CCCC(NCc2cc(Cl)cc(Cl)c2)C1. The van der Waals surface area contributed by atoms with Crippen molar-refractivity contribution in [3.05, 3.63) is 33.8 Å². The standard InChI is InChI=1S/C13H17Cl2NO/c14-10-4-9(5-11(15)6-10)8-16-12-2-1-3-13(17)7-12/h4-6,12-13,16-17H,1-3,7-8H2.